The van der Waals surface area contributed by atoms with Crippen LogP contribution in [0.5, 0.6) is 0 Å². The van der Waals surface area contributed by atoms with Crippen LogP contribution in [0, 0.1) is 13.8 Å². The van der Waals surface area contributed by atoms with Crippen LogP contribution in [0.1, 0.15) is 46.7 Å². The highest BCUT2D eigenvalue weighted by molar-refractivity contribution is 9.10. The molecule has 0 unspecified atom stereocenters. The summed E-state index contributed by atoms with van der Waals surface area (Å²) in [6, 6.07) is 5.66. The topological polar surface area (TPSA) is 86.5 Å². The van der Waals surface area contributed by atoms with Crippen LogP contribution in [0.2, 0.25) is 0 Å². The van der Waals surface area contributed by atoms with Gasteiger partial charge in [-0.2, -0.15) is 0 Å². The zero-order valence-corrected chi connectivity index (χ0v) is 19.3. The van der Waals surface area contributed by atoms with Gasteiger partial charge in [0.05, 0.1) is 23.4 Å². The number of halogens is 1. The van der Waals surface area contributed by atoms with Crippen LogP contribution in [0.15, 0.2) is 22.7 Å². The third kappa shape index (κ3) is 4.66. The van der Waals surface area contributed by atoms with Crippen molar-refractivity contribution in [1.29, 1.82) is 0 Å². The van der Waals surface area contributed by atoms with E-state index in [-0.39, 0.29) is 11.8 Å². The Kier molecular flexibility index (Phi) is 7.12. The maximum absolute atomic E-state index is 12.6. The molecule has 1 aliphatic heterocycles. The molecule has 30 heavy (non-hydrogen) atoms. The molecular formula is C22H27BrN4O3. The van der Waals surface area contributed by atoms with Crippen LogP contribution in [-0.4, -0.2) is 47.9 Å². The number of nitrogens with zero attached hydrogens (tertiary/aromatic N) is 1. The van der Waals surface area contributed by atoms with E-state index in [0.717, 1.165) is 52.3 Å². The molecule has 2 heterocycles. The summed E-state index contributed by atoms with van der Waals surface area (Å²) in [5.41, 5.74) is 7.43. The monoisotopic (exact) mass is 474 g/mol. The Labute approximate surface area is 184 Å². The fourth-order valence-electron chi connectivity index (χ4n) is 3.60. The van der Waals surface area contributed by atoms with Gasteiger partial charge in [-0.1, -0.05) is 35.8 Å². The summed E-state index contributed by atoms with van der Waals surface area (Å²) >= 11 is 3.42. The molecule has 1 aromatic heterocycles. The fourth-order valence-corrected chi connectivity index (χ4v) is 3.96. The van der Waals surface area contributed by atoms with E-state index in [1.807, 2.05) is 32.0 Å². The van der Waals surface area contributed by atoms with E-state index in [2.05, 4.69) is 50.5 Å². The average Bonchev–Trinajstić information content (AvgIpc) is 3.16. The first-order valence-electron chi connectivity index (χ1n) is 10.0. The van der Waals surface area contributed by atoms with Gasteiger partial charge in [0.25, 0.3) is 11.8 Å². The van der Waals surface area contributed by atoms with Crippen LogP contribution in [0.3, 0.4) is 0 Å². The lowest BCUT2D eigenvalue weighted by Gasteiger charge is -2.17. The molecule has 0 radical (unpaired) electrons. The summed E-state index contributed by atoms with van der Waals surface area (Å²) in [5, 5.41) is 2.87. The number of aromatic amines is 1. The standard InChI is InChI=1S/C22H27BrN4O3/c1-5-27(6-2)9-10-30-26-22(29)20-13(3)18(24-14(20)4)12-17-16-8-7-15(23)11-19(16)25-21(17)28/h7-8,11-12,24H,5-6,9-10H2,1-4H3,(H,25,28)(H,26,29)/b17-12-. The predicted molar refractivity (Wildman–Crippen MR) is 122 cm³/mol. The second kappa shape index (κ2) is 9.59. The first-order valence-corrected chi connectivity index (χ1v) is 10.8. The number of anilines is 1. The van der Waals surface area contributed by atoms with E-state index >= 15 is 0 Å². The number of hydrogen-bond donors (Lipinski definition) is 3. The molecule has 0 spiro atoms. The number of rotatable bonds is 8. The number of aryl methyl sites for hydroxylation is 1. The molecule has 8 heteroatoms. The minimum absolute atomic E-state index is 0.166. The Balaban J connectivity index is 1.76. The zero-order valence-electron chi connectivity index (χ0n) is 17.7. The highest BCUT2D eigenvalue weighted by atomic mass is 79.9. The molecule has 1 aliphatic rings. The molecule has 3 rings (SSSR count). The van der Waals surface area contributed by atoms with Gasteiger partial charge in [0.15, 0.2) is 0 Å². The minimum atomic E-state index is -0.300. The van der Waals surface area contributed by atoms with Crippen LogP contribution in [0.4, 0.5) is 5.69 Å². The highest BCUT2D eigenvalue weighted by Crippen LogP contribution is 2.35. The van der Waals surface area contributed by atoms with E-state index in [9.17, 15) is 9.59 Å². The number of carbonyl (C=O) groups is 2. The number of fused-ring (bicyclic) bond motifs is 1. The fraction of sp³-hybridized carbons (Fsp3) is 0.364. The van der Waals surface area contributed by atoms with E-state index in [0.29, 0.717) is 17.7 Å². The number of H-pyrrole nitrogens is 1. The van der Waals surface area contributed by atoms with Crippen LogP contribution >= 0.6 is 15.9 Å². The highest BCUT2D eigenvalue weighted by Gasteiger charge is 2.25. The number of carbonyl (C=O) groups excluding carboxylic acids is 2. The van der Waals surface area contributed by atoms with Gasteiger partial charge in [-0.15, -0.1) is 0 Å². The van der Waals surface area contributed by atoms with E-state index in [1.54, 1.807) is 6.08 Å². The Morgan fingerprint density at radius 2 is 2.00 bits per heavy atom. The molecule has 1 aromatic carbocycles. The van der Waals surface area contributed by atoms with Crippen molar-refractivity contribution < 1.29 is 14.4 Å². The molecule has 2 aromatic rings. The minimum Gasteiger partial charge on any atom is -0.358 e. The number of hydroxylamine groups is 1. The number of benzene rings is 1. The normalized spacial score (nSPS) is 14.3. The Morgan fingerprint density at radius 3 is 2.70 bits per heavy atom. The third-order valence-electron chi connectivity index (χ3n) is 5.33. The van der Waals surface area contributed by atoms with Gasteiger partial charge >= 0.3 is 0 Å². The van der Waals surface area contributed by atoms with Gasteiger partial charge in [-0.3, -0.25) is 14.4 Å². The number of amides is 2. The van der Waals surface area contributed by atoms with Crippen molar-refractivity contribution in [3.05, 3.63) is 50.8 Å². The van der Waals surface area contributed by atoms with Crippen LogP contribution in [0.25, 0.3) is 11.6 Å². The molecule has 2 amide bonds. The first kappa shape index (κ1) is 22.3. The van der Waals surface area contributed by atoms with Gasteiger partial charge < -0.3 is 15.2 Å². The van der Waals surface area contributed by atoms with Gasteiger partial charge in [0, 0.05) is 28.0 Å². The molecule has 0 saturated heterocycles. The first-order chi connectivity index (χ1) is 14.3. The molecule has 0 aliphatic carbocycles. The van der Waals surface area contributed by atoms with Crippen LogP contribution in [-0.2, 0) is 9.63 Å². The molecule has 3 N–H and O–H groups in total. The second-order valence-corrected chi connectivity index (χ2v) is 8.09. The lowest BCUT2D eigenvalue weighted by molar-refractivity contribution is -0.110. The molecule has 0 fully saturated rings. The average molecular weight is 475 g/mol. The summed E-state index contributed by atoms with van der Waals surface area (Å²) in [6.45, 7) is 10.9. The predicted octanol–water partition coefficient (Wildman–Crippen LogP) is 3.89. The Bertz CT molecular complexity index is 993. The maximum Gasteiger partial charge on any atom is 0.276 e. The van der Waals surface area contributed by atoms with Crippen molar-refractivity contribution in [2.45, 2.75) is 27.7 Å². The number of likely N-dealkylation sites (N-methyl/N-ethyl adjacent to an activating group) is 1. The smallest absolute Gasteiger partial charge is 0.276 e. The molecular weight excluding hydrogens is 448 g/mol. The summed E-state index contributed by atoms with van der Waals surface area (Å²) in [4.78, 5) is 35.9. The molecule has 0 saturated carbocycles. The van der Waals surface area contributed by atoms with Crippen molar-refractivity contribution >= 4 is 45.1 Å². The van der Waals surface area contributed by atoms with Crippen molar-refractivity contribution in [1.82, 2.24) is 15.4 Å². The van der Waals surface area contributed by atoms with E-state index < -0.39 is 0 Å². The summed E-state index contributed by atoms with van der Waals surface area (Å²) in [5.74, 6) is -0.467. The lowest BCUT2D eigenvalue weighted by Crippen LogP contribution is -2.31. The quantitative estimate of drug-likeness (QED) is 0.307. The largest absolute Gasteiger partial charge is 0.358 e. The number of hydrogen-bond acceptors (Lipinski definition) is 4. The second-order valence-electron chi connectivity index (χ2n) is 7.17. The number of nitrogens with one attached hydrogen (secondary N) is 3. The SMILES string of the molecule is CCN(CC)CCONC(=O)c1c(C)[nH]c(/C=C2\C(=O)Nc3cc(Br)ccc32)c1C. The van der Waals surface area contributed by atoms with Gasteiger partial charge in [-0.05, 0) is 50.7 Å². The summed E-state index contributed by atoms with van der Waals surface area (Å²) < 4.78 is 0.898. The van der Waals surface area contributed by atoms with Crippen molar-refractivity contribution in [2.75, 3.05) is 31.6 Å². The van der Waals surface area contributed by atoms with E-state index in [1.165, 1.54) is 0 Å². The number of aromatic nitrogens is 1. The molecule has 0 atom stereocenters. The van der Waals surface area contributed by atoms with Crippen LogP contribution < -0.4 is 10.8 Å². The Morgan fingerprint density at radius 1 is 1.27 bits per heavy atom. The van der Waals surface area contributed by atoms with Crippen molar-refractivity contribution in [3.63, 3.8) is 0 Å². The molecule has 7 nitrogen and oxygen atoms in total. The lowest BCUT2D eigenvalue weighted by atomic mass is 10.0. The third-order valence-corrected chi connectivity index (χ3v) is 5.82. The van der Waals surface area contributed by atoms with Gasteiger partial charge in [-0.25, -0.2) is 5.48 Å². The molecule has 160 valence electrons. The summed E-state index contributed by atoms with van der Waals surface area (Å²) in [7, 11) is 0. The van der Waals surface area contributed by atoms with E-state index in [4.69, 9.17) is 4.84 Å². The van der Waals surface area contributed by atoms with Gasteiger partial charge in [0.1, 0.15) is 0 Å². The van der Waals surface area contributed by atoms with Gasteiger partial charge in [0.2, 0.25) is 0 Å². The molecule has 0 bridgehead atoms. The zero-order chi connectivity index (χ0) is 21.8. The Hall–Kier alpha value is -2.42. The van der Waals surface area contributed by atoms with Crippen molar-refractivity contribution in [2.24, 2.45) is 0 Å². The van der Waals surface area contributed by atoms with Crippen molar-refractivity contribution in [3.8, 4) is 0 Å². The maximum atomic E-state index is 12.6. The summed E-state index contributed by atoms with van der Waals surface area (Å²) in [6.07, 6.45) is 1.79.